The quantitative estimate of drug-likeness (QED) is 0.894. The summed E-state index contributed by atoms with van der Waals surface area (Å²) >= 11 is 17.9. The van der Waals surface area contributed by atoms with E-state index in [9.17, 15) is 4.79 Å². The molecule has 6 heteroatoms. The Balaban J connectivity index is 2.59. The molecule has 3 nitrogen and oxygen atoms in total. The third-order valence-electron chi connectivity index (χ3n) is 2.30. The first-order valence-electron chi connectivity index (χ1n) is 4.84. The average molecular weight is 303 g/mol. The third kappa shape index (κ3) is 2.43. The zero-order valence-electron chi connectivity index (χ0n) is 8.82. The van der Waals surface area contributed by atoms with Gasteiger partial charge in [0, 0.05) is 27.4 Å². The smallest absolute Gasteiger partial charge is 0.356 e. The molecular weight excluding hydrogens is 296 g/mol. The van der Waals surface area contributed by atoms with Crippen molar-refractivity contribution in [3.8, 4) is 11.1 Å². The van der Waals surface area contributed by atoms with Gasteiger partial charge in [0.1, 0.15) is 0 Å². The Hall–Kier alpha value is -1.29. The van der Waals surface area contributed by atoms with Crippen LogP contribution in [0.3, 0.4) is 0 Å². The first kappa shape index (κ1) is 13.1. The fourth-order valence-electron chi connectivity index (χ4n) is 1.51. The van der Waals surface area contributed by atoms with Crippen LogP contribution in [0.4, 0.5) is 0 Å². The van der Waals surface area contributed by atoms with Crippen LogP contribution in [0.1, 0.15) is 10.5 Å². The van der Waals surface area contributed by atoms with Crippen LogP contribution >= 0.6 is 34.8 Å². The van der Waals surface area contributed by atoms with Gasteiger partial charge < -0.3 is 5.11 Å². The van der Waals surface area contributed by atoms with Crippen LogP contribution in [0, 0.1) is 0 Å². The van der Waals surface area contributed by atoms with Crippen LogP contribution in [0.25, 0.3) is 11.1 Å². The molecule has 0 radical (unpaired) electrons. The molecule has 1 aromatic carbocycles. The normalized spacial score (nSPS) is 10.4. The van der Waals surface area contributed by atoms with E-state index in [2.05, 4.69) is 4.98 Å². The highest BCUT2D eigenvalue weighted by Gasteiger charge is 2.14. The first-order valence-corrected chi connectivity index (χ1v) is 5.97. The molecule has 0 aliphatic rings. The molecule has 0 aliphatic carbocycles. The van der Waals surface area contributed by atoms with Gasteiger partial charge in [0.25, 0.3) is 0 Å². The molecule has 0 fully saturated rings. The second-order valence-corrected chi connectivity index (χ2v) is 4.68. The van der Waals surface area contributed by atoms with Gasteiger partial charge in [-0.2, -0.15) is 0 Å². The van der Waals surface area contributed by atoms with Gasteiger partial charge in [-0.3, -0.25) is 0 Å². The molecule has 1 N–H and O–H groups in total. The molecule has 92 valence electrons. The predicted octanol–water partition coefficient (Wildman–Crippen LogP) is 4.41. The summed E-state index contributed by atoms with van der Waals surface area (Å²) in [5, 5.41) is 9.77. The van der Waals surface area contributed by atoms with Gasteiger partial charge in [-0.1, -0.05) is 40.9 Å². The number of nitrogens with zero attached hydrogens (tertiary/aromatic N) is 1. The number of aromatic carboxylic acids is 1. The fourth-order valence-corrected chi connectivity index (χ4v) is 2.37. The van der Waals surface area contributed by atoms with E-state index in [0.29, 0.717) is 21.2 Å². The standard InChI is InChI=1S/C12H6Cl3NO2/c13-7-2-1-3-8(14)10(7)6-4-9(15)11(12(17)18)16-5-6/h1-5H,(H,17,18). The maximum Gasteiger partial charge on any atom is 0.356 e. The summed E-state index contributed by atoms with van der Waals surface area (Å²) in [4.78, 5) is 14.6. The Bertz CT molecular complexity index is 608. The topological polar surface area (TPSA) is 50.2 Å². The molecule has 0 bridgehead atoms. The highest BCUT2D eigenvalue weighted by molar-refractivity contribution is 6.39. The van der Waals surface area contributed by atoms with Gasteiger partial charge in [-0.25, -0.2) is 9.78 Å². The lowest BCUT2D eigenvalue weighted by atomic mass is 10.1. The molecule has 0 amide bonds. The van der Waals surface area contributed by atoms with E-state index >= 15 is 0 Å². The van der Waals surface area contributed by atoms with E-state index in [1.807, 2.05) is 0 Å². The van der Waals surface area contributed by atoms with Crippen molar-refractivity contribution < 1.29 is 9.90 Å². The van der Waals surface area contributed by atoms with E-state index in [1.54, 1.807) is 18.2 Å². The molecule has 0 atom stereocenters. The van der Waals surface area contributed by atoms with Crippen molar-refractivity contribution >= 4 is 40.8 Å². The Labute approximate surface area is 118 Å². The minimum absolute atomic E-state index is 0.0380. The summed E-state index contributed by atoms with van der Waals surface area (Å²) in [7, 11) is 0. The average Bonchev–Trinajstić information content (AvgIpc) is 2.28. The number of aromatic nitrogens is 1. The number of hydrogen-bond acceptors (Lipinski definition) is 2. The summed E-state index contributed by atoms with van der Waals surface area (Å²) in [5.74, 6) is -1.18. The van der Waals surface area contributed by atoms with Gasteiger partial charge in [0.2, 0.25) is 0 Å². The lowest BCUT2D eigenvalue weighted by molar-refractivity contribution is 0.0691. The minimum Gasteiger partial charge on any atom is -0.476 e. The molecule has 1 heterocycles. The summed E-state index contributed by atoms with van der Waals surface area (Å²) in [6, 6.07) is 6.56. The second-order valence-electron chi connectivity index (χ2n) is 3.46. The SMILES string of the molecule is O=C(O)c1ncc(-c2c(Cl)cccc2Cl)cc1Cl. The monoisotopic (exact) mass is 301 g/mol. The summed E-state index contributed by atoms with van der Waals surface area (Å²) in [6.45, 7) is 0. The summed E-state index contributed by atoms with van der Waals surface area (Å²) in [6.07, 6.45) is 1.38. The van der Waals surface area contributed by atoms with E-state index in [4.69, 9.17) is 39.9 Å². The van der Waals surface area contributed by atoms with Crippen LogP contribution in [0.5, 0.6) is 0 Å². The van der Waals surface area contributed by atoms with Crippen LogP contribution < -0.4 is 0 Å². The maximum absolute atomic E-state index is 10.8. The van der Waals surface area contributed by atoms with Crippen molar-refractivity contribution in [1.29, 1.82) is 0 Å². The minimum atomic E-state index is -1.18. The lowest BCUT2D eigenvalue weighted by Gasteiger charge is -2.07. The summed E-state index contributed by atoms with van der Waals surface area (Å²) in [5.41, 5.74) is 0.941. The summed E-state index contributed by atoms with van der Waals surface area (Å²) < 4.78 is 0. The van der Waals surface area contributed by atoms with Gasteiger partial charge in [0.15, 0.2) is 5.69 Å². The van der Waals surface area contributed by atoms with Crippen molar-refractivity contribution in [3.05, 3.63) is 51.2 Å². The van der Waals surface area contributed by atoms with Crippen molar-refractivity contribution in [2.75, 3.05) is 0 Å². The molecule has 0 saturated heterocycles. The molecule has 0 aliphatic heterocycles. The van der Waals surface area contributed by atoms with E-state index in [0.717, 1.165) is 0 Å². The van der Waals surface area contributed by atoms with Gasteiger partial charge in [0.05, 0.1) is 5.02 Å². The van der Waals surface area contributed by atoms with Gasteiger partial charge in [-0.15, -0.1) is 0 Å². The van der Waals surface area contributed by atoms with Crippen LogP contribution in [0.15, 0.2) is 30.5 Å². The molecule has 0 spiro atoms. The number of carbonyl (C=O) groups is 1. The predicted molar refractivity (Wildman–Crippen MR) is 71.7 cm³/mol. The molecule has 0 saturated carbocycles. The van der Waals surface area contributed by atoms with E-state index in [-0.39, 0.29) is 10.7 Å². The molecule has 1 aromatic heterocycles. The van der Waals surface area contributed by atoms with Crippen molar-refractivity contribution in [3.63, 3.8) is 0 Å². The fraction of sp³-hybridized carbons (Fsp3) is 0. The highest BCUT2D eigenvalue weighted by atomic mass is 35.5. The van der Waals surface area contributed by atoms with Crippen molar-refractivity contribution in [1.82, 2.24) is 4.98 Å². The van der Waals surface area contributed by atoms with Crippen molar-refractivity contribution in [2.45, 2.75) is 0 Å². The number of halogens is 3. The highest BCUT2D eigenvalue weighted by Crippen LogP contribution is 2.35. The number of benzene rings is 1. The van der Waals surface area contributed by atoms with Gasteiger partial charge >= 0.3 is 5.97 Å². The van der Waals surface area contributed by atoms with Crippen molar-refractivity contribution in [2.24, 2.45) is 0 Å². The Morgan fingerprint density at radius 2 is 1.72 bits per heavy atom. The molecule has 0 unspecified atom stereocenters. The maximum atomic E-state index is 10.8. The second kappa shape index (κ2) is 5.14. The number of carboxylic acids is 1. The van der Waals surface area contributed by atoms with E-state index < -0.39 is 5.97 Å². The Kier molecular flexibility index (Phi) is 3.76. The molecular formula is C12H6Cl3NO2. The zero-order chi connectivity index (χ0) is 13.3. The number of rotatable bonds is 2. The molecule has 2 aromatic rings. The molecule has 2 rings (SSSR count). The number of hydrogen-bond donors (Lipinski definition) is 1. The molecule has 18 heavy (non-hydrogen) atoms. The van der Waals surface area contributed by atoms with Crippen LogP contribution in [0.2, 0.25) is 15.1 Å². The number of carboxylic acid groups (broad SMARTS) is 1. The van der Waals surface area contributed by atoms with Crippen LogP contribution in [-0.2, 0) is 0 Å². The zero-order valence-corrected chi connectivity index (χ0v) is 11.1. The Morgan fingerprint density at radius 3 is 2.22 bits per heavy atom. The van der Waals surface area contributed by atoms with Gasteiger partial charge in [-0.05, 0) is 18.2 Å². The Morgan fingerprint density at radius 1 is 1.11 bits per heavy atom. The largest absolute Gasteiger partial charge is 0.476 e. The van der Waals surface area contributed by atoms with Crippen LogP contribution in [-0.4, -0.2) is 16.1 Å². The van der Waals surface area contributed by atoms with E-state index in [1.165, 1.54) is 12.3 Å². The third-order valence-corrected chi connectivity index (χ3v) is 3.21. The lowest BCUT2D eigenvalue weighted by Crippen LogP contribution is -2.01. The first-order chi connectivity index (χ1) is 8.50. The number of pyridine rings is 1.